The molecule has 1 atom stereocenters. The summed E-state index contributed by atoms with van der Waals surface area (Å²) in [6, 6.07) is 0. The average Bonchev–Trinajstić information content (AvgIpc) is 3.26. The number of pyridine rings is 1. The van der Waals surface area contributed by atoms with Crippen LogP contribution in [-0.4, -0.2) is 32.8 Å². The fourth-order valence-corrected chi connectivity index (χ4v) is 5.99. The van der Waals surface area contributed by atoms with Crippen LogP contribution in [0.3, 0.4) is 0 Å². The van der Waals surface area contributed by atoms with Gasteiger partial charge in [-0.2, -0.15) is 5.10 Å². The second-order valence-corrected chi connectivity index (χ2v) is 9.85. The highest BCUT2D eigenvalue weighted by atomic mass is 127. The van der Waals surface area contributed by atoms with Gasteiger partial charge in [-0.25, -0.2) is 0 Å². The van der Waals surface area contributed by atoms with E-state index in [1.165, 1.54) is 55.4 Å². The Labute approximate surface area is 161 Å². The lowest BCUT2D eigenvalue weighted by atomic mass is 9.89. The van der Waals surface area contributed by atoms with E-state index in [1.54, 1.807) is 0 Å². The number of rotatable bonds is 3. The Morgan fingerprint density at radius 2 is 2.00 bits per heavy atom. The molecule has 0 bridgehead atoms. The minimum Gasteiger partial charge on any atom is -0.307 e. The number of aromatic amines is 1. The zero-order chi connectivity index (χ0) is 17.2. The average molecular weight is 452 g/mol. The number of nitrogens with one attached hydrogen (secondary N) is 1. The third kappa shape index (κ3) is 2.51. The van der Waals surface area contributed by atoms with Crippen molar-refractivity contribution in [3.8, 4) is 0 Å². The first kappa shape index (κ1) is 16.3. The van der Waals surface area contributed by atoms with Crippen molar-refractivity contribution in [2.75, 3.05) is 13.1 Å². The van der Waals surface area contributed by atoms with Crippen LogP contribution in [0.1, 0.15) is 55.3 Å². The van der Waals surface area contributed by atoms with Gasteiger partial charge in [0.15, 0.2) is 0 Å². The topological polar surface area (TPSA) is 53.9 Å². The summed E-state index contributed by atoms with van der Waals surface area (Å²) < 4.78 is 1.87. The number of H-pyrrole nitrogens is 1. The minimum absolute atomic E-state index is 0.0245. The first-order chi connectivity index (χ1) is 12.1. The minimum atomic E-state index is -0.0245. The van der Waals surface area contributed by atoms with Crippen molar-refractivity contribution in [2.45, 2.75) is 54.9 Å². The van der Waals surface area contributed by atoms with Gasteiger partial charge in [0.25, 0.3) is 5.56 Å². The lowest BCUT2D eigenvalue weighted by Gasteiger charge is -2.33. The fourth-order valence-electron chi connectivity index (χ4n) is 4.79. The van der Waals surface area contributed by atoms with Crippen LogP contribution in [0, 0.1) is 5.92 Å². The number of nitrogens with zero attached hydrogens (tertiary/aromatic N) is 3. The van der Waals surface area contributed by atoms with Crippen molar-refractivity contribution in [2.24, 2.45) is 13.0 Å². The Kier molecular flexibility index (Phi) is 3.78. The number of aromatic nitrogens is 3. The molecule has 0 aromatic carbocycles. The molecule has 0 spiro atoms. The van der Waals surface area contributed by atoms with E-state index < -0.39 is 0 Å². The SMILES string of the molecule is Cn1nc([C@]2(I)CCCN2CC2CC2)c2c3c(c(=O)[nH]c21)CCCC3. The first-order valence-corrected chi connectivity index (χ1v) is 10.7. The molecule has 0 amide bonds. The third-order valence-electron chi connectivity index (χ3n) is 6.30. The van der Waals surface area contributed by atoms with E-state index in [9.17, 15) is 4.79 Å². The molecule has 1 aliphatic heterocycles. The summed E-state index contributed by atoms with van der Waals surface area (Å²) in [5.74, 6) is 0.885. The van der Waals surface area contributed by atoms with Gasteiger partial charge in [0.2, 0.25) is 0 Å². The number of aryl methyl sites for hydroxylation is 2. The molecule has 3 aliphatic rings. The molecule has 0 radical (unpaired) electrons. The second kappa shape index (κ2) is 5.81. The quantitative estimate of drug-likeness (QED) is 0.442. The summed E-state index contributed by atoms with van der Waals surface area (Å²) in [7, 11) is 1.97. The van der Waals surface area contributed by atoms with Gasteiger partial charge in [0.1, 0.15) is 14.9 Å². The molecule has 2 aromatic rings. The molecule has 2 aromatic heterocycles. The predicted octanol–water partition coefficient (Wildman–Crippen LogP) is 3.23. The summed E-state index contributed by atoms with van der Waals surface area (Å²) in [4.78, 5) is 18.3. The van der Waals surface area contributed by atoms with Crippen molar-refractivity contribution >= 4 is 33.6 Å². The normalized spacial score (nSPS) is 27.1. The van der Waals surface area contributed by atoms with Crippen LogP contribution in [0.25, 0.3) is 11.0 Å². The van der Waals surface area contributed by atoms with Crippen molar-refractivity contribution in [1.29, 1.82) is 0 Å². The molecule has 6 heteroatoms. The van der Waals surface area contributed by atoms with Gasteiger partial charge in [-0.05, 0) is 69.4 Å². The van der Waals surface area contributed by atoms with Crippen molar-refractivity contribution in [3.63, 3.8) is 0 Å². The largest absolute Gasteiger partial charge is 0.307 e. The van der Waals surface area contributed by atoms with E-state index in [0.29, 0.717) is 0 Å². The third-order valence-corrected chi connectivity index (χ3v) is 8.03. The number of halogens is 1. The molecule has 2 fully saturated rings. The van der Waals surface area contributed by atoms with Gasteiger partial charge >= 0.3 is 0 Å². The Hall–Kier alpha value is -0.890. The van der Waals surface area contributed by atoms with E-state index in [0.717, 1.165) is 42.8 Å². The second-order valence-electron chi connectivity index (χ2n) is 8.07. The highest BCUT2D eigenvalue weighted by Crippen LogP contribution is 2.49. The summed E-state index contributed by atoms with van der Waals surface area (Å²) in [6.07, 6.45) is 9.39. The molecule has 1 saturated carbocycles. The molecule has 5 rings (SSSR count). The lowest BCUT2D eigenvalue weighted by Crippen LogP contribution is -2.38. The summed E-state index contributed by atoms with van der Waals surface area (Å²) >= 11 is 2.66. The molecule has 0 unspecified atom stereocenters. The maximum atomic E-state index is 12.5. The van der Waals surface area contributed by atoms with Crippen molar-refractivity contribution in [3.05, 3.63) is 27.2 Å². The van der Waals surface area contributed by atoms with Crippen LogP contribution >= 0.6 is 22.6 Å². The van der Waals surface area contributed by atoms with E-state index in [1.807, 2.05) is 11.7 Å². The predicted molar refractivity (Wildman–Crippen MR) is 107 cm³/mol. The van der Waals surface area contributed by atoms with E-state index in [4.69, 9.17) is 5.10 Å². The molecule has 134 valence electrons. The zero-order valence-corrected chi connectivity index (χ0v) is 16.9. The fraction of sp³-hybridized carbons (Fsp3) is 0.684. The molecule has 1 saturated heterocycles. The summed E-state index contributed by atoms with van der Waals surface area (Å²) in [5.41, 5.74) is 4.50. The van der Waals surface area contributed by atoms with E-state index >= 15 is 0 Å². The van der Waals surface area contributed by atoms with Gasteiger partial charge < -0.3 is 4.98 Å². The van der Waals surface area contributed by atoms with Crippen LogP contribution in [0.15, 0.2) is 4.79 Å². The zero-order valence-electron chi connectivity index (χ0n) is 14.8. The number of likely N-dealkylation sites (tertiary alicyclic amines) is 1. The Morgan fingerprint density at radius 3 is 2.76 bits per heavy atom. The molecular formula is C19H25IN4O. The smallest absolute Gasteiger partial charge is 0.253 e. The molecule has 3 heterocycles. The van der Waals surface area contributed by atoms with E-state index in [-0.39, 0.29) is 9.10 Å². The van der Waals surface area contributed by atoms with Crippen LogP contribution < -0.4 is 5.56 Å². The molecule has 25 heavy (non-hydrogen) atoms. The number of hydrogen-bond donors (Lipinski definition) is 1. The highest BCUT2D eigenvalue weighted by molar-refractivity contribution is 14.1. The summed E-state index contributed by atoms with van der Waals surface area (Å²) in [6.45, 7) is 2.37. The van der Waals surface area contributed by atoms with Crippen molar-refractivity contribution < 1.29 is 0 Å². The van der Waals surface area contributed by atoms with Crippen LogP contribution in [0.5, 0.6) is 0 Å². The first-order valence-electron chi connectivity index (χ1n) is 9.63. The highest BCUT2D eigenvalue weighted by Gasteiger charge is 2.45. The van der Waals surface area contributed by atoms with Gasteiger partial charge in [-0.3, -0.25) is 14.4 Å². The van der Waals surface area contributed by atoms with Gasteiger partial charge in [-0.15, -0.1) is 0 Å². The van der Waals surface area contributed by atoms with Crippen LogP contribution in [0.4, 0.5) is 0 Å². The Bertz CT molecular complexity index is 897. The standard InChI is InChI=1S/C19H25IN4O/c1-23-17-15(13-5-2-3-6-14(13)18(25)21-17)16(22-23)19(20)9-4-10-24(19)11-12-7-8-12/h12H,2-11H2,1H3,(H,21,25)/t19-/m0/s1. The maximum Gasteiger partial charge on any atom is 0.253 e. The Balaban J connectivity index is 1.72. The number of fused-ring (bicyclic) bond motifs is 3. The Morgan fingerprint density at radius 1 is 1.24 bits per heavy atom. The molecular weight excluding hydrogens is 427 g/mol. The number of hydrogen-bond acceptors (Lipinski definition) is 3. The van der Waals surface area contributed by atoms with Crippen molar-refractivity contribution in [1.82, 2.24) is 19.7 Å². The maximum absolute atomic E-state index is 12.5. The van der Waals surface area contributed by atoms with Gasteiger partial charge in [-0.1, -0.05) is 22.6 Å². The monoisotopic (exact) mass is 452 g/mol. The van der Waals surface area contributed by atoms with E-state index in [2.05, 4.69) is 32.5 Å². The molecule has 2 aliphatic carbocycles. The van der Waals surface area contributed by atoms with Crippen LogP contribution in [-0.2, 0) is 23.4 Å². The van der Waals surface area contributed by atoms with Gasteiger partial charge in [0, 0.05) is 24.5 Å². The molecule has 1 N–H and O–H groups in total. The summed E-state index contributed by atoms with van der Waals surface area (Å²) in [5, 5.41) is 6.21. The molecule has 5 nitrogen and oxygen atoms in total. The van der Waals surface area contributed by atoms with Gasteiger partial charge in [0.05, 0.1) is 0 Å². The van der Waals surface area contributed by atoms with Crippen LogP contribution in [0.2, 0.25) is 0 Å². The number of alkyl halides is 1. The lowest BCUT2D eigenvalue weighted by molar-refractivity contribution is 0.228.